The van der Waals surface area contributed by atoms with Gasteiger partial charge in [0.05, 0.1) is 21.1 Å². The zero-order chi connectivity index (χ0) is 15.1. The summed E-state index contributed by atoms with van der Waals surface area (Å²) in [4.78, 5) is 37.2. The maximum atomic E-state index is 10.3. The number of phosphoric ester groups is 1. The number of quaternary nitrogens is 1. The maximum Gasteiger partial charge on any atom is 0.469 e. The summed E-state index contributed by atoms with van der Waals surface area (Å²) >= 11 is 0. The van der Waals surface area contributed by atoms with Crippen LogP contribution in [0.2, 0.25) is 0 Å². The topological polar surface area (TPSA) is 101 Å². The summed E-state index contributed by atoms with van der Waals surface area (Å²) in [6.07, 6.45) is 5.01. The van der Waals surface area contributed by atoms with Crippen LogP contribution in [0.4, 0.5) is 0 Å². The molecule has 0 spiro atoms. The molecule has 0 aromatic heterocycles. The van der Waals surface area contributed by atoms with Crippen molar-refractivity contribution in [2.75, 3.05) is 34.3 Å². The van der Waals surface area contributed by atoms with Gasteiger partial charge in [0.15, 0.2) is 11.6 Å². The molecule has 0 saturated carbocycles. The summed E-state index contributed by atoms with van der Waals surface area (Å²) in [7, 11) is 1.50. The molecule has 1 aliphatic rings. The van der Waals surface area contributed by atoms with Gasteiger partial charge >= 0.3 is 7.82 Å². The molecule has 7 nitrogen and oxygen atoms in total. The monoisotopic (exact) mass is 292 g/mol. The summed E-state index contributed by atoms with van der Waals surface area (Å²) in [5.41, 5.74) is 0. The molecule has 0 aliphatic heterocycles. The third-order valence-electron chi connectivity index (χ3n) is 1.85. The highest BCUT2D eigenvalue weighted by atomic mass is 31.2. The zero-order valence-corrected chi connectivity index (χ0v) is 12.0. The first-order chi connectivity index (χ1) is 8.49. The minimum Gasteiger partial charge on any atom is -0.329 e. The largest absolute Gasteiger partial charge is 0.469 e. The van der Waals surface area contributed by atoms with Crippen molar-refractivity contribution in [2.45, 2.75) is 0 Å². The van der Waals surface area contributed by atoms with Crippen molar-refractivity contribution < 1.29 is 32.9 Å². The molecule has 0 aromatic rings. The summed E-state index contributed by atoms with van der Waals surface area (Å²) in [6.45, 7) is 0.652. The molecule has 1 rings (SSSR count). The Hall–Kier alpha value is -1.11. The van der Waals surface area contributed by atoms with Crippen LogP contribution < -0.4 is 0 Å². The van der Waals surface area contributed by atoms with Crippen molar-refractivity contribution in [1.29, 1.82) is 0 Å². The Morgan fingerprint density at radius 2 is 1.42 bits per heavy atom. The number of phosphoric acid groups is 1. The smallest absolute Gasteiger partial charge is 0.329 e. The molecule has 0 aromatic carbocycles. The van der Waals surface area contributed by atoms with E-state index in [-0.39, 0.29) is 18.2 Å². The van der Waals surface area contributed by atoms with Crippen LogP contribution in [0.1, 0.15) is 0 Å². The second-order valence-electron chi connectivity index (χ2n) is 4.81. The van der Waals surface area contributed by atoms with Gasteiger partial charge in [-0.3, -0.25) is 14.1 Å². The lowest BCUT2D eigenvalue weighted by atomic mass is 10.2. The van der Waals surface area contributed by atoms with E-state index >= 15 is 0 Å². The SMILES string of the molecule is C[N+](C)(C)CCOP(=O)(O)O.O=C1C=CC(=O)C=C1. The van der Waals surface area contributed by atoms with Crippen LogP contribution in [0.5, 0.6) is 0 Å². The van der Waals surface area contributed by atoms with Gasteiger partial charge in [-0.25, -0.2) is 4.57 Å². The lowest BCUT2D eigenvalue weighted by Crippen LogP contribution is -2.37. The third kappa shape index (κ3) is 13.1. The van der Waals surface area contributed by atoms with E-state index in [9.17, 15) is 14.2 Å². The molecule has 0 fully saturated rings. The molecule has 0 unspecified atom stereocenters. The highest BCUT2D eigenvalue weighted by molar-refractivity contribution is 7.46. The number of nitrogens with zero attached hydrogens (tertiary/aromatic N) is 1. The Morgan fingerprint density at radius 1 is 1.05 bits per heavy atom. The second-order valence-corrected chi connectivity index (χ2v) is 6.05. The Morgan fingerprint density at radius 3 is 1.68 bits per heavy atom. The van der Waals surface area contributed by atoms with Crippen LogP contribution in [-0.2, 0) is 18.7 Å². The van der Waals surface area contributed by atoms with E-state index in [1.165, 1.54) is 24.3 Å². The van der Waals surface area contributed by atoms with Crippen LogP contribution in [0.3, 0.4) is 0 Å². The predicted molar refractivity (Wildman–Crippen MR) is 69.2 cm³/mol. The molecule has 1 aliphatic carbocycles. The molecule has 0 amide bonds. The molecule has 0 radical (unpaired) electrons. The first-order valence-corrected chi connectivity index (χ1v) is 6.97. The Labute approximate surface area is 112 Å². The first-order valence-electron chi connectivity index (χ1n) is 5.44. The van der Waals surface area contributed by atoms with E-state index in [1.807, 2.05) is 21.1 Å². The van der Waals surface area contributed by atoms with Gasteiger partial charge in [-0.1, -0.05) is 0 Å². The quantitative estimate of drug-likeness (QED) is 0.431. The highest BCUT2D eigenvalue weighted by Crippen LogP contribution is 2.35. The molecule has 19 heavy (non-hydrogen) atoms. The van der Waals surface area contributed by atoms with Crippen LogP contribution in [0, 0.1) is 0 Å². The van der Waals surface area contributed by atoms with Crippen molar-refractivity contribution in [1.82, 2.24) is 0 Å². The van der Waals surface area contributed by atoms with Gasteiger partial charge in [0.1, 0.15) is 13.2 Å². The van der Waals surface area contributed by atoms with Crippen LogP contribution >= 0.6 is 7.82 Å². The van der Waals surface area contributed by atoms with Crippen molar-refractivity contribution in [3.05, 3.63) is 24.3 Å². The number of rotatable bonds is 4. The fourth-order valence-electron chi connectivity index (χ4n) is 0.873. The fraction of sp³-hybridized carbons (Fsp3) is 0.455. The summed E-state index contributed by atoms with van der Waals surface area (Å²) in [6, 6.07) is 0. The van der Waals surface area contributed by atoms with E-state index in [1.54, 1.807) is 0 Å². The number of hydrogen-bond acceptors (Lipinski definition) is 4. The van der Waals surface area contributed by atoms with Crippen molar-refractivity contribution >= 4 is 19.4 Å². The number of carbonyl (C=O) groups excluding carboxylic acids is 2. The predicted octanol–water partition coefficient (Wildman–Crippen LogP) is 0.0525. The van der Waals surface area contributed by atoms with Crippen LogP contribution in [-0.4, -0.2) is 60.1 Å². The number of likely N-dealkylation sites (N-methyl/N-ethyl adjacent to an activating group) is 1. The summed E-state index contributed by atoms with van der Waals surface area (Å²) in [5.74, 6) is -0.241. The first kappa shape index (κ1) is 17.9. The van der Waals surface area contributed by atoms with Gasteiger partial charge in [0, 0.05) is 0 Å². The van der Waals surface area contributed by atoms with Crippen LogP contribution in [0.15, 0.2) is 24.3 Å². The standard InChI is InChI=1S/C6H4O2.C5H14NO4P/c7-5-1-2-6(8)4-3-5;1-6(2,3)4-5-10-11(7,8)9/h1-4H;4-5H2,1-3H3,(H-,7,8,9)/p+1. The van der Waals surface area contributed by atoms with Crippen LogP contribution in [0.25, 0.3) is 0 Å². The van der Waals surface area contributed by atoms with E-state index in [0.717, 1.165) is 0 Å². The van der Waals surface area contributed by atoms with Crippen molar-refractivity contribution in [3.63, 3.8) is 0 Å². The van der Waals surface area contributed by atoms with Gasteiger partial charge in [-0.05, 0) is 24.3 Å². The second kappa shape index (κ2) is 7.47. The van der Waals surface area contributed by atoms with E-state index in [0.29, 0.717) is 11.0 Å². The summed E-state index contributed by atoms with van der Waals surface area (Å²) < 4.78 is 15.1. The molecule has 2 N–H and O–H groups in total. The molecule has 8 heteroatoms. The lowest BCUT2D eigenvalue weighted by molar-refractivity contribution is -0.870. The molecule has 0 heterocycles. The van der Waals surface area contributed by atoms with Gasteiger partial charge in [-0.15, -0.1) is 0 Å². The Balaban J connectivity index is 0.000000356. The number of allylic oxidation sites excluding steroid dienone is 4. The summed E-state index contributed by atoms with van der Waals surface area (Å²) in [5, 5.41) is 0. The minimum atomic E-state index is -4.26. The van der Waals surface area contributed by atoms with Gasteiger partial charge in [-0.2, -0.15) is 0 Å². The highest BCUT2D eigenvalue weighted by Gasteiger charge is 2.15. The molecule has 0 bridgehead atoms. The normalized spacial score (nSPS) is 15.2. The molecular weight excluding hydrogens is 273 g/mol. The molecule has 0 atom stereocenters. The zero-order valence-electron chi connectivity index (χ0n) is 11.1. The van der Waals surface area contributed by atoms with Crippen molar-refractivity contribution in [2.24, 2.45) is 0 Å². The number of hydrogen-bond donors (Lipinski definition) is 2. The van der Waals surface area contributed by atoms with Crippen molar-refractivity contribution in [3.8, 4) is 0 Å². The average molecular weight is 292 g/mol. The minimum absolute atomic E-state index is 0.0772. The lowest BCUT2D eigenvalue weighted by Gasteiger charge is -2.23. The van der Waals surface area contributed by atoms with Gasteiger partial charge < -0.3 is 14.3 Å². The maximum absolute atomic E-state index is 10.3. The number of carbonyl (C=O) groups is 2. The molecular formula is C11H19NO6P+. The Bertz CT molecular complexity index is 391. The Kier molecular flexibility index (Phi) is 7.04. The van der Waals surface area contributed by atoms with Gasteiger partial charge in [0.25, 0.3) is 0 Å². The molecule has 108 valence electrons. The third-order valence-corrected chi connectivity index (χ3v) is 2.36. The fourth-order valence-corrected chi connectivity index (χ4v) is 1.19. The van der Waals surface area contributed by atoms with Gasteiger partial charge in [0.2, 0.25) is 0 Å². The van der Waals surface area contributed by atoms with E-state index in [2.05, 4.69) is 4.52 Å². The van der Waals surface area contributed by atoms with E-state index < -0.39 is 7.82 Å². The average Bonchev–Trinajstić information content (AvgIpc) is 2.19. The van der Waals surface area contributed by atoms with E-state index in [4.69, 9.17) is 9.79 Å². The molecule has 0 saturated heterocycles. The number of ketones is 2.